The van der Waals surface area contributed by atoms with Gasteiger partial charge in [0.2, 0.25) is 0 Å². The summed E-state index contributed by atoms with van der Waals surface area (Å²) >= 11 is 8.17. The van der Waals surface area contributed by atoms with E-state index >= 15 is 0 Å². The highest BCUT2D eigenvalue weighted by Crippen LogP contribution is 2.22. The van der Waals surface area contributed by atoms with Crippen LogP contribution in [0.15, 0.2) is 114 Å². The van der Waals surface area contributed by atoms with E-state index in [1.807, 2.05) is 109 Å². The molecule has 0 aliphatic carbocycles. The molecule has 0 radical (unpaired) electrons. The Hall–Kier alpha value is -3.62. The maximum absolute atomic E-state index is 7.92. The second kappa shape index (κ2) is 15.6. The van der Waals surface area contributed by atoms with Gasteiger partial charge in [-0.15, -0.1) is 0 Å². The molecular formula is C31H30ClIN4O. The lowest BCUT2D eigenvalue weighted by Gasteiger charge is -2.10. The van der Waals surface area contributed by atoms with Crippen molar-refractivity contribution in [2.75, 3.05) is 19.0 Å². The van der Waals surface area contributed by atoms with Crippen LogP contribution < -0.4 is 15.8 Å². The van der Waals surface area contributed by atoms with Gasteiger partial charge in [0.25, 0.3) is 0 Å². The summed E-state index contributed by atoms with van der Waals surface area (Å²) in [7, 11) is 1.64. The zero-order chi connectivity index (χ0) is 27.2. The molecule has 0 saturated carbocycles. The summed E-state index contributed by atoms with van der Waals surface area (Å²) in [6.45, 7) is 1.00. The van der Waals surface area contributed by atoms with E-state index in [2.05, 4.69) is 32.9 Å². The minimum absolute atomic E-state index is 0.462. The van der Waals surface area contributed by atoms with Crippen LogP contribution in [-0.4, -0.2) is 25.2 Å². The Labute approximate surface area is 243 Å². The van der Waals surface area contributed by atoms with Crippen molar-refractivity contribution in [1.29, 1.82) is 5.41 Å². The molecule has 4 aromatic carbocycles. The molecule has 4 rings (SSSR count). The number of aliphatic imine (C=N–C) groups is 1. The molecular weight excluding hydrogens is 607 g/mol. The zero-order valence-corrected chi connectivity index (χ0v) is 24.0. The number of nitrogens with two attached hydrogens (primary N) is 1. The number of para-hydroxylation sites is 2. The van der Waals surface area contributed by atoms with Crippen molar-refractivity contribution in [2.24, 2.45) is 10.7 Å². The van der Waals surface area contributed by atoms with E-state index in [0.717, 1.165) is 33.1 Å². The molecule has 0 atom stereocenters. The number of amidine groups is 1. The summed E-state index contributed by atoms with van der Waals surface area (Å²) in [6, 6.07) is 33.3. The van der Waals surface area contributed by atoms with E-state index in [0.29, 0.717) is 24.6 Å². The fraction of sp³-hybridized carbons (Fsp3) is 0.0968. The molecule has 7 heteroatoms. The lowest BCUT2D eigenvalue weighted by atomic mass is 10.2. The van der Waals surface area contributed by atoms with Crippen LogP contribution in [0.5, 0.6) is 5.75 Å². The average molecular weight is 637 g/mol. The Kier molecular flexibility index (Phi) is 11.9. The normalized spacial score (nSPS) is 11.0. The summed E-state index contributed by atoms with van der Waals surface area (Å²) in [5.41, 5.74) is 10.4. The fourth-order valence-corrected chi connectivity index (χ4v) is 3.90. The van der Waals surface area contributed by atoms with Crippen molar-refractivity contribution in [3.05, 3.63) is 134 Å². The number of methoxy groups -OCH3 is 1. The molecule has 0 spiro atoms. The third-order valence-electron chi connectivity index (χ3n) is 5.31. The Morgan fingerprint density at radius 3 is 2.39 bits per heavy atom. The van der Waals surface area contributed by atoms with Gasteiger partial charge in [0.1, 0.15) is 11.6 Å². The van der Waals surface area contributed by atoms with E-state index in [1.165, 1.54) is 3.57 Å². The van der Waals surface area contributed by atoms with Crippen LogP contribution in [0.3, 0.4) is 0 Å². The van der Waals surface area contributed by atoms with E-state index in [9.17, 15) is 0 Å². The molecule has 0 heterocycles. The molecule has 5 nitrogen and oxygen atoms in total. The van der Waals surface area contributed by atoms with Crippen molar-refractivity contribution >= 4 is 57.5 Å². The van der Waals surface area contributed by atoms with Gasteiger partial charge in [0.05, 0.1) is 31.6 Å². The molecule has 194 valence electrons. The van der Waals surface area contributed by atoms with Crippen LogP contribution >= 0.6 is 34.2 Å². The first-order valence-electron chi connectivity index (χ1n) is 11.9. The summed E-state index contributed by atoms with van der Waals surface area (Å²) in [4.78, 5) is 4.37. The first-order valence-corrected chi connectivity index (χ1v) is 13.4. The number of anilines is 1. The van der Waals surface area contributed by atoms with Crippen molar-refractivity contribution in [3.63, 3.8) is 0 Å². The van der Waals surface area contributed by atoms with E-state index in [4.69, 9.17) is 27.5 Å². The molecule has 0 aliphatic rings. The standard InChI is InChI=1S/C17H18N2O.C14H12ClIN2/c1-20-17-10-6-5-9-16(17)19-13-15(18)12-11-14-7-3-2-4-8-14;15-12-3-1-2-10(8-12)9-18-14(17)11-4-6-13(16)7-5-11/h2-12,18-19H,13H2,1H3;1-8H,9H2,(H2,17,18)/b12-11+,18-15?;. The number of rotatable bonds is 9. The number of hydrogen-bond acceptors (Lipinski definition) is 4. The highest BCUT2D eigenvalue weighted by molar-refractivity contribution is 14.1. The third kappa shape index (κ3) is 10.0. The Morgan fingerprint density at radius 2 is 1.68 bits per heavy atom. The summed E-state index contributed by atoms with van der Waals surface area (Å²) in [5, 5.41) is 11.8. The van der Waals surface area contributed by atoms with Crippen LogP contribution in [0.2, 0.25) is 5.02 Å². The molecule has 4 N–H and O–H groups in total. The quantitative estimate of drug-likeness (QED) is 0.100. The number of ether oxygens (including phenoxy) is 1. The van der Waals surface area contributed by atoms with Gasteiger partial charge in [-0.25, -0.2) is 0 Å². The van der Waals surface area contributed by atoms with E-state index < -0.39 is 0 Å². The average Bonchev–Trinajstić information content (AvgIpc) is 2.95. The summed E-state index contributed by atoms with van der Waals surface area (Å²) < 4.78 is 6.44. The number of benzene rings is 4. The van der Waals surface area contributed by atoms with Crippen LogP contribution in [-0.2, 0) is 6.54 Å². The lowest BCUT2D eigenvalue weighted by molar-refractivity contribution is 0.416. The maximum atomic E-state index is 7.92. The SMILES string of the molecule is COc1ccccc1NCC(=N)/C=C/c1ccccc1.NC(=NCc1cccc(Cl)c1)c1ccc(I)cc1. The third-order valence-corrected chi connectivity index (χ3v) is 6.27. The second-order valence-electron chi connectivity index (χ2n) is 8.16. The van der Waals surface area contributed by atoms with Gasteiger partial charge in [0.15, 0.2) is 0 Å². The van der Waals surface area contributed by atoms with Crippen LogP contribution in [0.1, 0.15) is 16.7 Å². The van der Waals surface area contributed by atoms with Crippen molar-refractivity contribution in [1.82, 2.24) is 0 Å². The molecule has 0 saturated heterocycles. The Bertz CT molecular complexity index is 1370. The molecule has 4 aromatic rings. The fourth-order valence-electron chi connectivity index (χ4n) is 3.32. The van der Waals surface area contributed by atoms with Gasteiger partial charge in [-0.3, -0.25) is 4.99 Å². The molecule has 0 bridgehead atoms. The second-order valence-corrected chi connectivity index (χ2v) is 9.84. The largest absolute Gasteiger partial charge is 0.495 e. The molecule has 0 unspecified atom stereocenters. The lowest BCUT2D eigenvalue weighted by Crippen LogP contribution is -2.13. The molecule has 0 fully saturated rings. The van der Waals surface area contributed by atoms with E-state index in [-0.39, 0.29) is 0 Å². The number of nitrogens with zero attached hydrogens (tertiary/aromatic N) is 1. The highest BCUT2D eigenvalue weighted by atomic mass is 127. The molecule has 0 aromatic heterocycles. The zero-order valence-electron chi connectivity index (χ0n) is 21.1. The number of halogens is 2. The van der Waals surface area contributed by atoms with E-state index in [1.54, 1.807) is 13.2 Å². The van der Waals surface area contributed by atoms with Crippen LogP contribution in [0, 0.1) is 8.98 Å². The Balaban J connectivity index is 0.000000212. The smallest absolute Gasteiger partial charge is 0.141 e. The molecule has 0 aliphatic heterocycles. The summed E-state index contributed by atoms with van der Waals surface area (Å²) in [5.74, 6) is 1.33. The summed E-state index contributed by atoms with van der Waals surface area (Å²) in [6.07, 6.45) is 3.74. The first kappa shape index (κ1) is 28.9. The predicted octanol–water partition coefficient (Wildman–Crippen LogP) is 7.69. The number of nitrogens with one attached hydrogen (secondary N) is 2. The topological polar surface area (TPSA) is 83.5 Å². The van der Waals surface area contributed by atoms with Crippen molar-refractivity contribution in [3.8, 4) is 5.75 Å². The maximum Gasteiger partial charge on any atom is 0.141 e. The van der Waals surface area contributed by atoms with Crippen molar-refractivity contribution < 1.29 is 4.74 Å². The minimum Gasteiger partial charge on any atom is -0.495 e. The van der Waals surface area contributed by atoms with Gasteiger partial charge in [-0.1, -0.05) is 84.4 Å². The number of hydrogen-bond donors (Lipinski definition) is 3. The Morgan fingerprint density at radius 1 is 0.974 bits per heavy atom. The molecule has 38 heavy (non-hydrogen) atoms. The van der Waals surface area contributed by atoms with Gasteiger partial charge < -0.3 is 21.2 Å². The van der Waals surface area contributed by atoms with Crippen molar-refractivity contribution in [2.45, 2.75) is 6.54 Å². The van der Waals surface area contributed by atoms with Gasteiger partial charge >= 0.3 is 0 Å². The van der Waals surface area contributed by atoms with Gasteiger partial charge in [-0.05, 0) is 76.2 Å². The van der Waals surface area contributed by atoms with Gasteiger partial charge in [0, 0.05) is 14.2 Å². The highest BCUT2D eigenvalue weighted by Gasteiger charge is 2.01. The first-order chi connectivity index (χ1) is 18.4. The van der Waals surface area contributed by atoms with Gasteiger partial charge in [-0.2, -0.15) is 0 Å². The monoisotopic (exact) mass is 636 g/mol. The minimum atomic E-state index is 0.462. The van der Waals surface area contributed by atoms with Crippen LogP contribution in [0.4, 0.5) is 5.69 Å². The molecule has 0 amide bonds. The van der Waals surface area contributed by atoms with Crippen LogP contribution in [0.25, 0.3) is 6.08 Å². The predicted molar refractivity (Wildman–Crippen MR) is 170 cm³/mol.